The summed E-state index contributed by atoms with van der Waals surface area (Å²) in [5, 5.41) is 17.8. The number of nitrogens with zero attached hydrogens (tertiary/aromatic N) is 5. The lowest BCUT2D eigenvalue weighted by Crippen LogP contribution is -2.28. The lowest BCUT2D eigenvalue weighted by molar-refractivity contribution is -0.121. The number of allylic oxidation sites excluding steroid dienone is 3. The van der Waals surface area contributed by atoms with Gasteiger partial charge >= 0.3 is 0 Å². The third-order valence-electron chi connectivity index (χ3n) is 5.22. The van der Waals surface area contributed by atoms with E-state index >= 15 is 0 Å². The lowest BCUT2D eigenvalue weighted by Gasteiger charge is -2.20. The molecule has 0 aromatic carbocycles. The first-order valence-electron chi connectivity index (χ1n) is 10.7. The van der Waals surface area contributed by atoms with Gasteiger partial charge in [-0.25, -0.2) is 0 Å². The Hall–Kier alpha value is -3.82. The maximum Gasteiger partial charge on any atom is 0.276 e. The molecule has 1 unspecified atom stereocenters. The quantitative estimate of drug-likeness (QED) is 0.552. The van der Waals surface area contributed by atoms with Gasteiger partial charge in [0.1, 0.15) is 0 Å². The van der Waals surface area contributed by atoms with E-state index < -0.39 is 0 Å². The van der Waals surface area contributed by atoms with Crippen LogP contribution in [0.25, 0.3) is 11.5 Å². The van der Waals surface area contributed by atoms with Gasteiger partial charge in [-0.3, -0.25) is 9.59 Å². The van der Waals surface area contributed by atoms with Gasteiger partial charge in [0.15, 0.2) is 5.82 Å². The molecule has 0 fully saturated rings. The van der Waals surface area contributed by atoms with Crippen molar-refractivity contribution in [3.63, 3.8) is 0 Å². The highest BCUT2D eigenvalue weighted by molar-refractivity contribution is 5.86. The van der Waals surface area contributed by atoms with Crippen LogP contribution >= 0.6 is 0 Å². The minimum Gasteiger partial charge on any atom is -0.368 e. The molecule has 4 rings (SSSR count). The van der Waals surface area contributed by atoms with Crippen molar-refractivity contribution in [2.24, 2.45) is 16.1 Å². The molecule has 3 heterocycles. The average molecular weight is 435 g/mol. The van der Waals surface area contributed by atoms with Crippen LogP contribution in [-0.4, -0.2) is 39.6 Å². The first-order valence-corrected chi connectivity index (χ1v) is 10.7. The van der Waals surface area contributed by atoms with Crippen molar-refractivity contribution in [2.75, 3.05) is 13.1 Å². The standard InChI is InChI=1S/C22H25N7O3/c1-2-29-14-5-9-17(29)21-25-19(32-28-21)11-10-18(30)23-12-6-13-24-20-15-7-3-4-8-16(15)22(31)27-26-20/h3-5,7-9,14,16,24H,2,6,10-13H2,1H3,(H,23,30). The van der Waals surface area contributed by atoms with E-state index in [2.05, 4.69) is 31.0 Å². The van der Waals surface area contributed by atoms with E-state index in [1.165, 1.54) is 0 Å². The Morgan fingerprint density at radius 1 is 1.25 bits per heavy atom. The molecule has 10 nitrogen and oxygen atoms in total. The van der Waals surface area contributed by atoms with Gasteiger partial charge in [0.25, 0.3) is 5.91 Å². The molecule has 2 aromatic rings. The topological polar surface area (TPSA) is 127 Å². The van der Waals surface area contributed by atoms with E-state index in [-0.39, 0.29) is 24.2 Å². The van der Waals surface area contributed by atoms with E-state index in [4.69, 9.17) is 4.52 Å². The number of azo groups is 1. The first kappa shape index (κ1) is 21.4. The Balaban J connectivity index is 1.17. The van der Waals surface area contributed by atoms with Crippen LogP contribution in [0.1, 0.15) is 25.7 Å². The third kappa shape index (κ3) is 4.90. The number of aryl methyl sites for hydroxylation is 2. The molecule has 2 amide bonds. The van der Waals surface area contributed by atoms with Gasteiger partial charge in [-0.05, 0) is 25.5 Å². The molecule has 2 aromatic heterocycles. The Bertz CT molecular complexity index is 1110. The van der Waals surface area contributed by atoms with Gasteiger partial charge < -0.3 is 19.7 Å². The smallest absolute Gasteiger partial charge is 0.276 e. The van der Waals surface area contributed by atoms with E-state index in [0.29, 0.717) is 43.5 Å². The summed E-state index contributed by atoms with van der Waals surface area (Å²) in [7, 11) is 0. The van der Waals surface area contributed by atoms with Crippen molar-refractivity contribution in [2.45, 2.75) is 32.7 Å². The number of nitrogens with one attached hydrogen (secondary N) is 2. The number of aromatic nitrogens is 3. The summed E-state index contributed by atoms with van der Waals surface area (Å²) >= 11 is 0. The Morgan fingerprint density at radius 2 is 2.16 bits per heavy atom. The van der Waals surface area contributed by atoms with Gasteiger partial charge in [0.2, 0.25) is 17.6 Å². The minimum atomic E-state index is -0.365. The SMILES string of the molecule is CCn1cccc1-c1noc(CCC(=O)NCCCNC2=C3C=CC=CC3C(=O)N=N2)n1. The van der Waals surface area contributed by atoms with Crippen molar-refractivity contribution in [3.8, 4) is 11.5 Å². The fraction of sp³-hybridized carbons (Fsp3) is 0.364. The molecule has 0 saturated carbocycles. The normalized spacial score (nSPS) is 17.0. The van der Waals surface area contributed by atoms with Crippen molar-refractivity contribution >= 4 is 11.8 Å². The second kappa shape index (κ2) is 9.99. The van der Waals surface area contributed by atoms with E-state index in [9.17, 15) is 9.59 Å². The van der Waals surface area contributed by atoms with Gasteiger partial charge in [-0.2, -0.15) is 4.98 Å². The predicted molar refractivity (Wildman–Crippen MR) is 116 cm³/mol. The molecular weight excluding hydrogens is 410 g/mol. The fourth-order valence-corrected chi connectivity index (χ4v) is 3.53. The van der Waals surface area contributed by atoms with Crippen LogP contribution in [0.4, 0.5) is 0 Å². The molecule has 0 spiro atoms. The highest BCUT2D eigenvalue weighted by Crippen LogP contribution is 2.27. The molecule has 166 valence electrons. The second-order valence-electron chi connectivity index (χ2n) is 7.39. The summed E-state index contributed by atoms with van der Waals surface area (Å²) in [6, 6.07) is 3.87. The van der Waals surface area contributed by atoms with E-state index in [0.717, 1.165) is 17.8 Å². The number of carbonyl (C=O) groups excluding carboxylic acids is 2. The third-order valence-corrected chi connectivity index (χ3v) is 5.22. The summed E-state index contributed by atoms with van der Waals surface area (Å²) in [5.74, 6) is 0.869. The van der Waals surface area contributed by atoms with Crippen molar-refractivity contribution < 1.29 is 14.1 Å². The monoisotopic (exact) mass is 435 g/mol. The van der Waals surface area contributed by atoms with Gasteiger partial charge in [-0.15, -0.1) is 10.2 Å². The molecule has 0 saturated heterocycles. The fourth-order valence-electron chi connectivity index (χ4n) is 3.53. The molecular formula is C22H25N7O3. The second-order valence-corrected chi connectivity index (χ2v) is 7.39. The summed E-state index contributed by atoms with van der Waals surface area (Å²) in [4.78, 5) is 28.3. The highest BCUT2D eigenvalue weighted by Gasteiger charge is 2.26. The molecule has 0 bridgehead atoms. The lowest BCUT2D eigenvalue weighted by atomic mass is 9.93. The number of rotatable bonds is 10. The Labute approximate surface area is 185 Å². The van der Waals surface area contributed by atoms with Crippen molar-refractivity contribution in [3.05, 3.63) is 59.9 Å². The zero-order chi connectivity index (χ0) is 22.3. The molecule has 32 heavy (non-hydrogen) atoms. The molecule has 2 N–H and O–H groups in total. The van der Waals surface area contributed by atoms with Crippen LogP contribution in [0.5, 0.6) is 0 Å². The maximum absolute atomic E-state index is 12.1. The van der Waals surface area contributed by atoms with Crippen LogP contribution in [0, 0.1) is 5.92 Å². The Morgan fingerprint density at radius 3 is 3.03 bits per heavy atom. The summed E-state index contributed by atoms with van der Waals surface area (Å²) < 4.78 is 7.30. The van der Waals surface area contributed by atoms with Gasteiger partial charge in [0.05, 0.1) is 11.6 Å². The largest absolute Gasteiger partial charge is 0.368 e. The van der Waals surface area contributed by atoms with Crippen molar-refractivity contribution in [1.82, 2.24) is 25.3 Å². The number of hydrogen-bond acceptors (Lipinski definition) is 7. The summed E-state index contributed by atoms with van der Waals surface area (Å²) in [5.41, 5.74) is 1.71. The Kier molecular flexibility index (Phi) is 6.69. The zero-order valence-electron chi connectivity index (χ0n) is 17.8. The average Bonchev–Trinajstić information content (AvgIpc) is 3.48. The van der Waals surface area contributed by atoms with E-state index in [1.54, 1.807) is 0 Å². The van der Waals surface area contributed by atoms with Crippen LogP contribution in [-0.2, 0) is 22.6 Å². The van der Waals surface area contributed by atoms with Crippen LogP contribution in [0.15, 0.2) is 68.8 Å². The number of fused-ring (bicyclic) bond motifs is 1. The number of amides is 2. The molecule has 0 radical (unpaired) electrons. The van der Waals surface area contributed by atoms with Crippen LogP contribution < -0.4 is 10.6 Å². The molecule has 1 aliphatic carbocycles. The van der Waals surface area contributed by atoms with Gasteiger partial charge in [-0.1, -0.05) is 29.5 Å². The first-order chi connectivity index (χ1) is 15.7. The van der Waals surface area contributed by atoms with Crippen LogP contribution in [0.2, 0.25) is 0 Å². The maximum atomic E-state index is 12.1. The highest BCUT2D eigenvalue weighted by atomic mass is 16.5. The molecule has 1 atom stereocenters. The number of carbonyl (C=O) groups is 2. The molecule has 2 aliphatic rings. The zero-order valence-corrected chi connectivity index (χ0v) is 17.8. The summed E-state index contributed by atoms with van der Waals surface area (Å²) in [6.45, 7) is 3.98. The van der Waals surface area contributed by atoms with Crippen molar-refractivity contribution in [1.29, 1.82) is 0 Å². The van der Waals surface area contributed by atoms with E-state index in [1.807, 2.05) is 54.1 Å². The molecule has 1 aliphatic heterocycles. The summed E-state index contributed by atoms with van der Waals surface area (Å²) in [6.07, 6.45) is 10.7. The predicted octanol–water partition coefficient (Wildman–Crippen LogP) is 2.53. The minimum absolute atomic E-state index is 0.0768. The van der Waals surface area contributed by atoms with Crippen LogP contribution in [0.3, 0.4) is 0 Å². The molecule has 10 heteroatoms. The van der Waals surface area contributed by atoms with Gasteiger partial charge in [0, 0.05) is 44.2 Å². The number of hydrogen-bond donors (Lipinski definition) is 2.